The lowest BCUT2D eigenvalue weighted by Gasteiger charge is -2.07. The zero-order valence-corrected chi connectivity index (χ0v) is 9.32. The number of rotatable bonds is 4. The minimum Gasteiger partial charge on any atom is -0.504 e. The van der Waals surface area contributed by atoms with Crippen molar-refractivity contribution in [3.05, 3.63) is 23.8 Å². The molecule has 0 amide bonds. The van der Waals surface area contributed by atoms with Crippen molar-refractivity contribution in [2.24, 2.45) is 0 Å². The fourth-order valence-corrected chi connectivity index (χ4v) is 1.50. The van der Waals surface area contributed by atoms with Gasteiger partial charge in [-0.15, -0.1) is 0 Å². The third-order valence-corrected chi connectivity index (χ3v) is 2.36. The van der Waals surface area contributed by atoms with Crippen molar-refractivity contribution >= 4 is 22.2 Å². The third kappa shape index (κ3) is 2.73. The number of methoxy groups -OCH3 is 1. The van der Waals surface area contributed by atoms with Crippen molar-refractivity contribution in [3.63, 3.8) is 0 Å². The molecule has 76 valence electrons. The van der Waals surface area contributed by atoms with E-state index in [1.807, 2.05) is 0 Å². The number of aldehydes is 1. The number of ether oxygens (including phenoxy) is 1. The molecule has 0 saturated carbocycles. The lowest BCUT2D eigenvalue weighted by atomic mass is 10.1. The number of halogens is 1. The quantitative estimate of drug-likeness (QED) is 0.663. The lowest BCUT2D eigenvalue weighted by molar-refractivity contribution is -0.107. The van der Waals surface area contributed by atoms with Crippen LogP contribution in [0.2, 0.25) is 0 Å². The number of carbonyl (C=O) groups excluding carboxylic acids is 1. The van der Waals surface area contributed by atoms with Crippen molar-refractivity contribution < 1.29 is 14.6 Å². The van der Waals surface area contributed by atoms with Crippen LogP contribution in [0.5, 0.6) is 11.5 Å². The first-order valence-electron chi connectivity index (χ1n) is 4.12. The molecular weight excluding hydrogens is 248 g/mol. The molecule has 0 saturated heterocycles. The Morgan fingerprint density at radius 1 is 1.64 bits per heavy atom. The lowest BCUT2D eigenvalue weighted by Crippen LogP contribution is -2.03. The summed E-state index contributed by atoms with van der Waals surface area (Å²) < 4.78 is 4.95. The number of phenols is 1. The van der Waals surface area contributed by atoms with Gasteiger partial charge in [-0.05, 0) is 24.1 Å². The highest BCUT2D eigenvalue weighted by Crippen LogP contribution is 2.27. The molecule has 1 rings (SSSR count). The summed E-state index contributed by atoms with van der Waals surface area (Å²) in [4.78, 5) is 10.2. The fraction of sp³-hybridized carbons (Fsp3) is 0.300. The van der Waals surface area contributed by atoms with E-state index in [0.717, 1.165) is 11.8 Å². The number of alkyl halides is 1. The van der Waals surface area contributed by atoms with E-state index in [9.17, 15) is 9.90 Å². The second-order valence-corrected chi connectivity index (χ2v) is 4.04. The van der Waals surface area contributed by atoms with Gasteiger partial charge < -0.3 is 14.6 Å². The Labute approximate surface area is 90.8 Å². The highest BCUT2D eigenvalue weighted by atomic mass is 79.9. The van der Waals surface area contributed by atoms with Gasteiger partial charge in [0.05, 0.1) is 11.9 Å². The highest BCUT2D eigenvalue weighted by Gasteiger charge is 2.06. The summed E-state index contributed by atoms with van der Waals surface area (Å²) >= 11 is 3.21. The Morgan fingerprint density at radius 2 is 2.36 bits per heavy atom. The maximum atomic E-state index is 10.4. The van der Waals surface area contributed by atoms with E-state index < -0.39 is 0 Å². The topological polar surface area (TPSA) is 46.5 Å². The Balaban J connectivity index is 2.84. The number of benzene rings is 1. The average molecular weight is 259 g/mol. The van der Waals surface area contributed by atoms with Crippen molar-refractivity contribution in [1.29, 1.82) is 0 Å². The minimum absolute atomic E-state index is 0.105. The molecule has 4 heteroatoms. The van der Waals surface area contributed by atoms with Crippen LogP contribution in [-0.4, -0.2) is 23.3 Å². The largest absolute Gasteiger partial charge is 0.504 e. The molecule has 0 heterocycles. The van der Waals surface area contributed by atoms with Gasteiger partial charge in [-0.1, -0.05) is 22.0 Å². The maximum absolute atomic E-state index is 10.4. The molecule has 0 radical (unpaired) electrons. The fourth-order valence-electron chi connectivity index (χ4n) is 1.12. The third-order valence-electron chi connectivity index (χ3n) is 1.82. The number of hydrogen-bond acceptors (Lipinski definition) is 3. The smallest absolute Gasteiger partial charge is 0.160 e. The number of carbonyl (C=O) groups is 1. The summed E-state index contributed by atoms with van der Waals surface area (Å²) in [6.07, 6.45) is 1.42. The van der Waals surface area contributed by atoms with E-state index in [4.69, 9.17) is 4.74 Å². The molecule has 0 aliphatic carbocycles. The Morgan fingerprint density at radius 3 is 2.93 bits per heavy atom. The van der Waals surface area contributed by atoms with Crippen molar-refractivity contribution in [2.75, 3.05) is 7.11 Å². The van der Waals surface area contributed by atoms with Crippen molar-refractivity contribution in [1.82, 2.24) is 0 Å². The molecule has 0 aliphatic heterocycles. The molecular formula is C10H11BrO3. The molecule has 0 aromatic heterocycles. The summed E-state index contributed by atoms with van der Waals surface area (Å²) in [6.45, 7) is 0. The molecule has 1 N–H and O–H groups in total. The van der Waals surface area contributed by atoms with Crippen LogP contribution < -0.4 is 4.74 Å². The zero-order chi connectivity index (χ0) is 10.6. The van der Waals surface area contributed by atoms with Gasteiger partial charge in [0.15, 0.2) is 11.5 Å². The summed E-state index contributed by atoms with van der Waals surface area (Å²) in [6, 6.07) is 5.03. The maximum Gasteiger partial charge on any atom is 0.160 e. The monoisotopic (exact) mass is 258 g/mol. The van der Waals surface area contributed by atoms with Crippen LogP contribution in [0, 0.1) is 0 Å². The first kappa shape index (κ1) is 11.0. The van der Waals surface area contributed by atoms with Crippen LogP contribution >= 0.6 is 15.9 Å². The van der Waals surface area contributed by atoms with Gasteiger partial charge in [-0.25, -0.2) is 0 Å². The second kappa shape index (κ2) is 5.00. The van der Waals surface area contributed by atoms with E-state index in [1.54, 1.807) is 18.2 Å². The van der Waals surface area contributed by atoms with Gasteiger partial charge in [0.25, 0.3) is 0 Å². The molecule has 1 unspecified atom stereocenters. The molecule has 14 heavy (non-hydrogen) atoms. The van der Waals surface area contributed by atoms with E-state index >= 15 is 0 Å². The average Bonchev–Trinajstić information content (AvgIpc) is 2.20. The van der Waals surface area contributed by atoms with Gasteiger partial charge in [0.1, 0.15) is 6.29 Å². The van der Waals surface area contributed by atoms with Crippen molar-refractivity contribution in [2.45, 2.75) is 11.2 Å². The first-order valence-corrected chi connectivity index (χ1v) is 5.04. The Hall–Kier alpha value is -1.03. The van der Waals surface area contributed by atoms with Crippen LogP contribution in [-0.2, 0) is 11.2 Å². The van der Waals surface area contributed by atoms with Crippen LogP contribution in [0.3, 0.4) is 0 Å². The SMILES string of the molecule is COc1cc(CC(Br)C=O)ccc1O. The van der Waals surface area contributed by atoms with Gasteiger partial charge >= 0.3 is 0 Å². The molecule has 1 aromatic rings. The summed E-state index contributed by atoms with van der Waals surface area (Å²) in [5.41, 5.74) is 0.939. The predicted molar refractivity (Wildman–Crippen MR) is 57.1 cm³/mol. The van der Waals surface area contributed by atoms with Gasteiger partial charge in [-0.3, -0.25) is 0 Å². The normalized spacial score (nSPS) is 12.1. The number of hydrogen-bond donors (Lipinski definition) is 1. The van der Waals surface area contributed by atoms with Crippen LogP contribution in [0.25, 0.3) is 0 Å². The van der Waals surface area contributed by atoms with E-state index in [-0.39, 0.29) is 10.6 Å². The number of phenolic OH excluding ortho intramolecular Hbond substituents is 1. The van der Waals surface area contributed by atoms with Crippen LogP contribution in [0.4, 0.5) is 0 Å². The Bertz CT molecular complexity index is 325. The minimum atomic E-state index is -0.197. The van der Waals surface area contributed by atoms with Crippen LogP contribution in [0.15, 0.2) is 18.2 Å². The molecule has 0 aliphatic rings. The number of aromatic hydroxyl groups is 1. The van der Waals surface area contributed by atoms with Crippen molar-refractivity contribution in [3.8, 4) is 11.5 Å². The molecule has 0 spiro atoms. The molecule has 3 nitrogen and oxygen atoms in total. The van der Waals surface area contributed by atoms with E-state index in [0.29, 0.717) is 12.2 Å². The summed E-state index contributed by atoms with van der Waals surface area (Å²) in [7, 11) is 1.49. The standard InChI is InChI=1S/C10H11BrO3/c1-14-10-5-7(2-3-9(10)13)4-8(11)6-12/h2-3,5-6,8,13H,4H2,1H3. The van der Waals surface area contributed by atoms with E-state index in [2.05, 4.69) is 15.9 Å². The molecule has 1 atom stereocenters. The summed E-state index contributed by atoms with van der Waals surface area (Å²) in [5, 5.41) is 9.32. The highest BCUT2D eigenvalue weighted by molar-refractivity contribution is 9.09. The van der Waals surface area contributed by atoms with E-state index in [1.165, 1.54) is 7.11 Å². The predicted octanol–water partition coefficient (Wildman–Crippen LogP) is 1.91. The summed E-state index contributed by atoms with van der Waals surface area (Å²) in [5.74, 6) is 0.529. The molecule has 0 fully saturated rings. The van der Waals surface area contributed by atoms with Gasteiger partial charge in [0, 0.05) is 0 Å². The molecule has 0 bridgehead atoms. The second-order valence-electron chi connectivity index (χ2n) is 2.86. The van der Waals surface area contributed by atoms with Crippen LogP contribution in [0.1, 0.15) is 5.56 Å². The van der Waals surface area contributed by atoms with Gasteiger partial charge in [0.2, 0.25) is 0 Å². The zero-order valence-electron chi connectivity index (χ0n) is 7.74. The first-order chi connectivity index (χ1) is 6.67. The van der Waals surface area contributed by atoms with Gasteiger partial charge in [-0.2, -0.15) is 0 Å². The molecule has 1 aromatic carbocycles. The Kier molecular flexibility index (Phi) is 3.95.